The number of aliphatic hydroxyl groups is 2. The summed E-state index contributed by atoms with van der Waals surface area (Å²) in [5.41, 5.74) is 2.98. The van der Waals surface area contributed by atoms with Crippen molar-refractivity contribution in [2.45, 2.75) is 110 Å². The molecule has 0 aromatic heterocycles. The van der Waals surface area contributed by atoms with Gasteiger partial charge < -0.3 is 14.9 Å². The van der Waals surface area contributed by atoms with Gasteiger partial charge in [0.2, 0.25) is 0 Å². The Morgan fingerprint density at radius 3 is 2.40 bits per heavy atom. The van der Waals surface area contributed by atoms with Crippen molar-refractivity contribution in [2.24, 2.45) is 11.8 Å². The Morgan fingerprint density at radius 1 is 1.11 bits per heavy atom. The Kier molecular flexibility index (Phi) is 12.7. The lowest BCUT2D eigenvalue weighted by atomic mass is 9.77. The summed E-state index contributed by atoms with van der Waals surface area (Å²) >= 11 is 0. The quantitative estimate of drug-likeness (QED) is 0.125. The van der Waals surface area contributed by atoms with E-state index >= 15 is 0 Å². The molecule has 0 amide bonds. The first-order valence-corrected chi connectivity index (χ1v) is 17.1. The van der Waals surface area contributed by atoms with Crippen molar-refractivity contribution in [3.05, 3.63) is 41.5 Å². The van der Waals surface area contributed by atoms with Gasteiger partial charge in [-0.2, -0.15) is 0 Å². The number of esters is 1. The largest absolute Gasteiger partial charge is 0.457 e. The Balaban J connectivity index is 2.14. The molecule has 2 N–H and O–H groups in total. The van der Waals surface area contributed by atoms with Gasteiger partial charge in [0.1, 0.15) is 6.61 Å². The van der Waals surface area contributed by atoms with Crippen LogP contribution in [0.15, 0.2) is 30.4 Å². The average Bonchev–Trinajstić information content (AvgIpc) is 2.85. The minimum Gasteiger partial charge on any atom is -0.457 e. The van der Waals surface area contributed by atoms with E-state index in [-0.39, 0.29) is 25.1 Å². The van der Waals surface area contributed by atoms with Crippen LogP contribution >= 0.6 is 0 Å². The van der Waals surface area contributed by atoms with Gasteiger partial charge in [0, 0.05) is 24.7 Å². The molecule has 1 aliphatic carbocycles. The Hall–Kier alpha value is -1.43. The van der Waals surface area contributed by atoms with Crippen molar-refractivity contribution >= 4 is 19.2 Å². The lowest BCUT2D eigenvalue weighted by molar-refractivity contribution is -0.140. The fourth-order valence-electron chi connectivity index (χ4n) is 5.59. The second-order valence-electron chi connectivity index (χ2n) is 11.5. The van der Waals surface area contributed by atoms with E-state index in [2.05, 4.69) is 44.8 Å². The van der Waals surface area contributed by atoms with Crippen LogP contribution < -0.4 is 5.19 Å². The van der Waals surface area contributed by atoms with Gasteiger partial charge >= 0.3 is 5.97 Å². The van der Waals surface area contributed by atoms with Crippen molar-refractivity contribution in [3.63, 3.8) is 0 Å². The third-order valence-electron chi connectivity index (χ3n) is 8.03. The van der Waals surface area contributed by atoms with E-state index in [9.17, 15) is 15.0 Å². The maximum Gasteiger partial charge on any atom is 0.333 e. The van der Waals surface area contributed by atoms with Crippen LogP contribution in [0.5, 0.6) is 0 Å². The molecule has 1 aromatic rings. The highest BCUT2D eigenvalue weighted by molar-refractivity contribution is 6.90. The summed E-state index contributed by atoms with van der Waals surface area (Å²) in [5, 5.41) is 20.2. The molecule has 0 atom stereocenters. The molecule has 0 heterocycles. The van der Waals surface area contributed by atoms with E-state index in [0.29, 0.717) is 18.1 Å². The summed E-state index contributed by atoms with van der Waals surface area (Å²) < 4.78 is 5.63. The minimum absolute atomic E-state index is 0.0322. The zero-order valence-corrected chi connectivity index (χ0v) is 23.8. The number of aliphatic hydroxyl groups excluding tert-OH is 2. The van der Waals surface area contributed by atoms with Crippen molar-refractivity contribution < 1.29 is 19.7 Å². The van der Waals surface area contributed by atoms with E-state index in [4.69, 9.17) is 4.74 Å². The van der Waals surface area contributed by atoms with Crippen LogP contribution in [0.4, 0.5) is 0 Å². The molecule has 0 saturated heterocycles. The van der Waals surface area contributed by atoms with Gasteiger partial charge in [-0.25, -0.2) is 4.79 Å². The maximum absolute atomic E-state index is 12.2. The molecule has 198 valence electrons. The lowest BCUT2D eigenvalue weighted by Gasteiger charge is -2.31. The molecule has 0 aliphatic heterocycles. The average molecular weight is 503 g/mol. The number of benzene rings is 1. The summed E-state index contributed by atoms with van der Waals surface area (Å²) in [6.07, 6.45) is 12.4. The number of unbranched alkanes of at least 4 members (excludes halogenated alkanes) is 2. The van der Waals surface area contributed by atoms with E-state index in [1.54, 1.807) is 6.92 Å². The molecule has 5 heteroatoms. The highest BCUT2D eigenvalue weighted by Crippen LogP contribution is 2.38. The van der Waals surface area contributed by atoms with Crippen molar-refractivity contribution in [2.75, 3.05) is 13.2 Å². The molecule has 1 saturated carbocycles. The highest BCUT2D eigenvalue weighted by Gasteiger charge is 2.28. The van der Waals surface area contributed by atoms with Crippen LogP contribution in [0, 0.1) is 11.8 Å². The predicted molar refractivity (Wildman–Crippen MR) is 149 cm³/mol. The van der Waals surface area contributed by atoms with Gasteiger partial charge in [0.15, 0.2) is 0 Å². The van der Waals surface area contributed by atoms with Crippen LogP contribution in [-0.2, 0) is 16.1 Å². The topological polar surface area (TPSA) is 66.8 Å². The van der Waals surface area contributed by atoms with Gasteiger partial charge in [-0.1, -0.05) is 88.1 Å². The standard InChI is InChI=1S/C30H50O4Si/c1-6-7-8-10-24-12-14-26(15-13-24)27-16-17-29(28(19-27)22-34-30(33)23(2)3)35(4,5)18-9-11-25(20-31)21-32/h16-17,19,24-26,31-32H,2,6-15,18,20-22H2,1,3-5H3. The van der Waals surface area contributed by atoms with Crippen LogP contribution in [0.3, 0.4) is 0 Å². The lowest BCUT2D eigenvalue weighted by Crippen LogP contribution is -2.43. The van der Waals surface area contributed by atoms with Crippen LogP contribution in [-0.4, -0.2) is 37.5 Å². The molecule has 0 bridgehead atoms. The van der Waals surface area contributed by atoms with Gasteiger partial charge in [-0.3, -0.25) is 0 Å². The summed E-state index contributed by atoms with van der Waals surface area (Å²) in [6.45, 7) is 12.8. The van der Waals surface area contributed by atoms with E-state index in [1.165, 1.54) is 62.1 Å². The molecule has 1 aliphatic rings. The van der Waals surface area contributed by atoms with Crippen molar-refractivity contribution in [3.8, 4) is 0 Å². The second-order valence-corrected chi connectivity index (χ2v) is 16.3. The van der Waals surface area contributed by atoms with E-state index in [0.717, 1.165) is 30.4 Å². The minimum atomic E-state index is -1.79. The second kappa shape index (κ2) is 15.0. The summed E-state index contributed by atoms with van der Waals surface area (Å²) in [5.74, 6) is 1.13. The van der Waals surface area contributed by atoms with Gasteiger partial charge in [-0.15, -0.1) is 0 Å². The van der Waals surface area contributed by atoms with Crippen LogP contribution in [0.25, 0.3) is 0 Å². The monoisotopic (exact) mass is 502 g/mol. The molecule has 0 spiro atoms. The molecule has 2 rings (SSSR count). The predicted octanol–water partition coefficient (Wildman–Crippen LogP) is 6.46. The van der Waals surface area contributed by atoms with Crippen molar-refractivity contribution in [1.29, 1.82) is 0 Å². The molecular formula is C30H50O4Si. The number of hydrogen-bond donors (Lipinski definition) is 2. The summed E-state index contributed by atoms with van der Waals surface area (Å²) in [4.78, 5) is 12.2. The van der Waals surface area contributed by atoms with E-state index < -0.39 is 8.07 Å². The third-order valence-corrected chi connectivity index (χ3v) is 11.6. The zero-order chi connectivity index (χ0) is 25.8. The van der Waals surface area contributed by atoms with E-state index in [1.807, 2.05) is 0 Å². The van der Waals surface area contributed by atoms with Gasteiger partial charge in [0.25, 0.3) is 0 Å². The number of hydrogen-bond acceptors (Lipinski definition) is 4. The normalized spacial score (nSPS) is 18.6. The molecule has 0 radical (unpaired) electrons. The smallest absolute Gasteiger partial charge is 0.333 e. The van der Waals surface area contributed by atoms with Crippen LogP contribution in [0.2, 0.25) is 19.1 Å². The number of carbonyl (C=O) groups is 1. The van der Waals surface area contributed by atoms with Gasteiger partial charge in [-0.05, 0) is 62.0 Å². The molecule has 1 fully saturated rings. The summed E-state index contributed by atoms with van der Waals surface area (Å²) in [7, 11) is -1.79. The molecule has 35 heavy (non-hydrogen) atoms. The van der Waals surface area contributed by atoms with Gasteiger partial charge in [0.05, 0.1) is 8.07 Å². The Bertz CT molecular complexity index is 792. The van der Waals surface area contributed by atoms with Crippen LogP contribution in [0.1, 0.15) is 95.1 Å². The number of rotatable bonds is 15. The highest BCUT2D eigenvalue weighted by atomic mass is 28.3. The first-order valence-electron chi connectivity index (χ1n) is 13.9. The Labute approximate surface area is 215 Å². The number of ether oxygens (including phenoxy) is 1. The fraction of sp³-hybridized carbons (Fsp3) is 0.700. The zero-order valence-electron chi connectivity index (χ0n) is 22.8. The third kappa shape index (κ3) is 9.51. The Morgan fingerprint density at radius 2 is 1.80 bits per heavy atom. The number of carbonyl (C=O) groups excluding carboxylic acids is 1. The fourth-order valence-corrected chi connectivity index (χ4v) is 8.49. The molecule has 4 nitrogen and oxygen atoms in total. The molecule has 1 aromatic carbocycles. The summed E-state index contributed by atoms with van der Waals surface area (Å²) in [6, 6.07) is 8.05. The first kappa shape index (κ1) is 29.8. The molecular weight excluding hydrogens is 452 g/mol. The van der Waals surface area contributed by atoms with Crippen molar-refractivity contribution in [1.82, 2.24) is 0 Å². The maximum atomic E-state index is 12.2. The molecule has 0 unspecified atom stereocenters. The first-order chi connectivity index (χ1) is 16.7. The SMILES string of the molecule is C=C(C)C(=O)OCc1cc(C2CCC(CCCCC)CC2)ccc1[Si](C)(C)CCCC(CO)CO.